The molecule has 1 aliphatic heterocycles. The minimum atomic E-state index is 0.469. The fourth-order valence-corrected chi connectivity index (χ4v) is 1.91. The number of hydrogen-bond donors (Lipinski definition) is 0. The number of nitrogens with zero attached hydrogens (tertiary/aromatic N) is 3. The van der Waals surface area contributed by atoms with Gasteiger partial charge in [0.15, 0.2) is 0 Å². The van der Waals surface area contributed by atoms with E-state index >= 15 is 0 Å². The zero-order chi connectivity index (χ0) is 10.2. The Balaban J connectivity index is 2.03. The first kappa shape index (κ1) is 9.90. The highest BCUT2D eigenvalue weighted by Gasteiger charge is 2.38. The summed E-state index contributed by atoms with van der Waals surface area (Å²) in [5.74, 6) is 0.846. The van der Waals surface area contributed by atoms with Crippen molar-refractivity contribution in [3.05, 3.63) is 16.9 Å². The van der Waals surface area contributed by atoms with E-state index in [9.17, 15) is 0 Å². The highest BCUT2D eigenvalue weighted by atomic mass is 79.9. The van der Waals surface area contributed by atoms with Gasteiger partial charge in [-0.15, -0.1) is 0 Å². The van der Waals surface area contributed by atoms with Gasteiger partial charge < -0.3 is 4.90 Å². The molecule has 0 aromatic carbocycles. The maximum atomic E-state index is 4.27. The molecule has 4 heteroatoms. The van der Waals surface area contributed by atoms with Crippen molar-refractivity contribution >= 4 is 21.9 Å². The van der Waals surface area contributed by atoms with Gasteiger partial charge in [0.05, 0.1) is 4.47 Å². The Morgan fingerprint density at radius 3 is 2.50 bits per heavy atom. The van der Waals surface area contributed by atoms with Crippen LogP contribution in [-0.2, 0) is 0 Å². The quantitative estimate of drug-likeness (QED) is 0.814. The molecule has 14 heavy (non-hydrogen) atoms. The average molecular weight is 256 g/mol. The predicted octanol–water partition coefficient (Wildman–Crippen LogP) is 2.48. The predicted molar refractivity (Wildman–Crippen MR) is 60.3 cm³/mol. The summed E-state index contributed by atoms with van der Waals surface area (Å²) in [6, 6.07) is 0. The molecule has 0 bridgehead atoms. The number of anilines is 1. The van der Waals surface area contributed by atoms with Crippen LogP contribution in [0.25, 0.3) is 0 Å². The summed E-state index contributed by atoms with van der Waals surface area (Å²) in [6.07, 6.45) is 4.81. The van der Waals surface area contributed by atoms with E-state index in [0.29, 0.717) is 5.41 Å². The summed E-state index contributed by atoms with van der Waals surface area (Å²) in [5, 5.41) is 0. The van der Waals surface area contributed by atoms with Gasteiger partial charge >= 0.3 is 0 Å². The molecular formula is C10H14BrN3. The Kier molecular flexibility index (Phi) is 2.47. The molecule has 0 spiro atoms. The maximum Gasteiger partial charge on any atom is 0.225 e. The molecule has 0 radical (unpaired) electrons. The van der Waals surface area contributed by atoms with Crippen LogP contribution in [0.15, 0.2) is 16.9 Å². The van der Waals surface area contributed by atoms with Gasteiger partial charge in [0.2, 0.25) is 5.95 Å². The second-order valence-corrected chi connectivity index (χ2v) is 5.14. The van der Waals surface area contributed by atoms with E-state index in [-0.39, 0.29) is 0 Å². The van der Waals surface area contributed by atoms with Crippen molar-refractivity contribution in [3.8, 4) is 0 Å². The van der Waals surface area contributed by atoms with Crippen molar-refractivity contribution in [2.75, 3.05) is 18.0 Å². The summed E-state index contributed by atoms with van der Waals surface area (Å²) in [4.78, 5) is 10.8. The minimum Gasteiger partial charge on any atom is -0.340 e. The van der Waals surface area contributed by atoms with E-state index < -0.39 is 0 Å². The molecule has 2 rings (SSSR count). The van der Waals surface area contributed by atoms with Gasteiger partial charge in [0.25, 0.3) is 0 Å². The van der Waals surface area contributed by atoms with Gasteiger partial charge in [0.1, 0.15) is 0 Å². The topological polar surface area (TPSA) is 29.0 Å². The Morgan fingerprint density at radius 2 is 2.00 bits per heavy atom. The third kappa shape index (κ3) is 1.75. The van der Waals surface area contributed by atoms with Crippen LogP contribution in [0.5, 0.6) is 0 Å². The summed E-state index contributed by atoms with van der Waals surface area (Å²) in [6.45, 7) is 6.69. The first-order chi connectivity index (χ1) is 6.63. The molecule has 1 saturated heterocycles. The number of aromatic nitrogens is 2. The van der Waals surface area contributed by atoms with E-state index in [1.807, 2.05) is 0 Å². The van der Waals surface area contributed by atoms with Crippen molar-refractivity contribution in [3.63, 3.8) is 0 Å². The molecule has 0 aliphatic carbocycles. The van der Waals surface area contributed by atoms with Gasteiger partial charge in [-0.05, 0) is 22.4 Å². The number of halogens is 1. The Morgan fingerprint density at radius 1 is 1.43 bits per heavy atom. The summed E-state index contributed by atoms with van der Waals surface area (Å²) < 4.78 is 0.931. The molecule has 2 heterocycles. The number of hydrogen-bond acceptors (Lipinski definition) is 3. The average Bonchev–Trinajstić information content (AvgIpc) is 2.15. The lowest BCUT2D eigenvalue weighted by Crippen LogP contribution is -2.55. The van der Waals surface area contributed by atoms with Crippen LogP contribution in [0.2, 0.25) is 0 Å². The standard InChI is InChI=1S/C10H14BrN3/c1-3-10(2)6-14(7-10)9-12-4-8(11)5-13-9/h4-5H,3,6-7H2,1-2H3. The summed E-state index contributed by atoms with van der Waals surface area (Å²) in [7, 11) is 0. The van der Waals surface area contributed by atoms with Crippen LogP contribution in [0.4, 0.5) is 5.95 Å². The Bertz CT molecular complexity index is 317. The van der Waals surface area contributed by atoms with Gasteiger partial charge in [-0.3, -0.25) is 0 Å². The maximum absolute atomic E-state index is 4.27. The highest BCUT2D eigenvalue weighted by molar-refractivity contribution is 9.10. The third-order valence-electron chi connectivity index (χ3n) is 2.89. The third-order valence-corrected chi connectivity index (χ3v) is 3.30. The largest absolute Gasteiger partial charge is 0.340 e. The smallest absolute Gasteiger partial charge is 0.225 e. The lowest BCUT2D eigenvalue weighted by Gasteiger charge is -2.47. The van der Waals surface area contributed by atoms with E-state index in [2.05, 4.69) is 44.6 Å². The summed E-state index contributed by atoms with van der Waals surface area (Å²) >= 11 is 3.33. The second-order valence-electron chi connectivity index (χ2n) is 4.22. The van der Waals surface area contributed by atoms with Crippen LogP contribution in [-0.4, -0.2) is 23.1 Å². The normalized spacial score (nSPS) is 19.2. The lowest BCUT2D eigenvalue weighted by molar-refractivity contribution is 0.230. The zero-order valence-corrected chi connectivity index (χ0v) is 10.1. The molecule has 1 aromatic rings. The Labute approximate surface area is 92.7 Å². The molecule has 0 amide bonds. The molecule has 0 N–H and O–H groups in total. The highest BCUT2D eigenvalue weighted by Crippen LogP contribution is 2.34. The molecule has 1 fully saturated rings. The minimum absolute atomic E-state index is 0.469. The first-order valence-electron chi connectivity index (χ1n) is 4.85. The fourth-order valence-electron chi connectivity index (χ4n) is 1.71. The monoisotopic (exact) mass is 255 g/mol. The fraction of sp³-hybridized carbons (Fsp3) is 0.600. The van der Waals surface area contributed by atoms with Crippen LogP contribution < -0.4 is 4.90 Å². The molecule has 0 atom stereocenters. The molecule has 1 aromatic heterocycles. The number of rotatable bonds is 2. The first-order valence-corrected chi connectivity index (χ1v) is 5.65. The molecule has 1 aliphatic rings. The lowest BCUT2D eigenvalue weighted by atomic mass is 9.80. The van der Waals surface area contributed by atoms with Crippen molar-refractivity contribution in [1.82, 2.24) is 9.97 Å². The van der Waals surface area contributed by atoms with Gasteiger partial charge in [-0.2, -0.15) is 0 Å². The SMILES string of the molecule is CCC1(C)CN(c2ncc(Br)cn2)C1. The van der Waals surface area contributed by atoms with Crippen molar-refractivity contribution in [1.29, 1.82) is 0 Å². The van der Waals surface area contributed by atoms with Gasteiger partial charge in [0, 0.05) is 30.9 Å². The van der Waals surface area contributed by atoms with Crippen molar-refractivity contribution in [2.24, 2.45) is 5.41 Å². The molecule has 76 valence electrons. The van der Waals surface area contributed by atoms with Crippen molar-refractivity contribution in [2.45, 2.75) is 20.3 Å². The molecule has 3 nitrogen and oxygen atoms in total. The summed E-state index contributed by atoms with van der Waals surface area (Å²) in [5.41, 5.74) is 0.469. The van der Waals surface area contributed by atoms with E-state index in [4.69, 9.17) is 0 Å². The van der Waals surface area contributed by atoms with Crippen LogP contribution >= 0.6 is 15.9 Å². The molecule has 0 unspecified atom stereocenters. The van der Waals surface area contributed by atoms with Gasteiger partial charge in [-0.1, -0.05) is 13.8 Å². The van der Waals surface area contributed by atoms with Crippen LogP contribution in [0.3, 0.4) is 0 Å². The second kappa shape index (κ2) is 3.50. The van der Waals surface area contributed by atoms with E-state index in [0.717, 1.165) is 23.5 Å². The van der Waals surface area contributed by atoms with Gasteiger partial charge in [-0.25, -0.2) is 9.97 Å². The zero-order valence-electron chi connectivity index (χ0n) is 8.50. The van der Waals surface area contributed by atoms with Crippen LogP contribution in [0.1, 0.15) is 20.3 Å². The Hall–Kier alpha value is -0.640. The molecule has 0 saturated carbocycles. The van der Waals surface area contributed by atoms with E-state index in [1.165, 1.54) is 6.42 Å². The van der Waals surface area contributed by atoms with E-state index in [1.54, 1.807) is 12.4 Å². The van der Waals surface area contributed by atoms with Crippen molar-refractivity contribution < 1.29 is 0 Å². The van der Waals surface area contributed by atoms with Crippen LogP contribution in [0, 0.1) is 5.41 Å². The molecular weight excluding hydrogens is 242 g/mol.